The van der Waals surface area contributed by atoms with Crippen LogP contribution in [0.2, 0.25) is 0 Å². The van der Waals surface area contributed by atoms with Crippen molar-refractivity contribution in [3.63, 3.8) is 0 Å². The molecule has 182 valence electrons. The average Bonchev–Trinajstić information content (AvgIpc) is 3.28. The van der Waals surface area contributed by atoms with Gasteiger partial charge in [-0.2, -0.15) is 4.52 Å². The second kappa shape index (κ2) is 10.4. The summed E-state index contributed by atoms with van der Waals surface area (Å²) in [5, 5.41) is 15.7. The maximum Gasteiger partial charge on any atom is 0.258 e. The van der Waals surface area contributed by atoms with Gasteiger partial charge in [0.25, 0.3) is 5.91 Å². The molecule has 0 bridgehead atoms. The van der Waals surface area contributed by atoms with E-state index in [0.717, 1.165) is 5.56 Å². The normalized spacial score (nSPS) is 11.3. The van der Waals surface area contributed by atoms with Gasteiger partial charge in [0.2, 0.25) is 5.88 Å². The molecular formula is C26H29N5O4. The van der Waals surface area contributed by atoms with Crippen molar-refractivity contribution in [2.45, 2.75) is 26.2 Å². The maximum absolute atomic E-state index is 12.1. The topological polar surface area (TPSA) is 99.9 Å². The van der Waals surface area contributed by atoms with Crippen LogP contribution in [-0.4, -0.2) is 52.6 Å². The van der Waals surface area contributed by atoms with E-state index in [-0.39, 0.29) is 24.5 Å². The summed E-state index contributed by atoms with van der Waals surface area (Å²) in [6.45, 7) is 6.94. The Hall–Kier alpha value is -4.14. The smallest absolute Gasteiger partial charge is 0.258 e. The minimum atomic E-state index is -0.228. The summed E-state index contributed by atoms with van der Waals surface area (Å²) in [7, 11) is 1.60. The molecule has 0 radical (unpaired) electrons. The van der Waals surface area contributed by atoms with Gasteiger partial charge in [-0.3, -0.25) is 4.79 Å². The van der Waals surface area contributed by atoms with E-state index < -0.39 is 0 Å². The number of carbonyl (C=O) groups is 1. The summed E-state index contributed by atoms with van der Waals surface area (Å²) in [5.74, 6) is 2.03. The van der Waals surface area contributed by atoms with Gasteiger partial charge in [0.15, 0.2) is 18.1 Å². The van der Waals surface area contributed by atoms with Gasteiger partial charge in [-0.15, -0.1) is 15.3 Å². The molecule has 4 rings (SSSR count). The molecule has 0 fully saturated rings. The van der Waals surface area contributed by atoms with E-state index in [9.17, 15) is 4.79 Å². The molecular weight excluding hydrogens is 446 g/mol. The lowest BCUT2D eigenvalue weighted by Crippen LogP contribution is -2.32. The number of amides is 1. The van der Waals surface area contributed by atoms with Gasteiger partial charge >= 0.3 is 0 Å². The van der Waals surface area contributed by atoms with E-state index in [2.05, 4.69) is 41.4 Å². The quantitative estimate of drug-likeness (QED) is 0.369. The van der Waals surface area contributed by atoms with Crippen LogP contribution in [0.1, 0.15) is 26.3 Å². The number of hydrogen-bond acceptors (Lipinski definition) is 7. The average molecular weight is 476 g/mol. The molecule has 2 heterocycles. The predicted octanol–water partition coefficient (Wildman–Crippen LogP) is 3.67. The van der Waals surface area contributed by atoms with Crippen molar-refractivity contribution in [2.24, 2.45) is 0 Å². The fourth-order valence-electron chi connectivity index (χ4n) is 3.44. The van der Waals surface area contributed by atoms with Crippen molar-refractivity contribution in [1.82, 2.24) is 25.1 Å². The van der Waals surface area contributed by atoms with E-state index in [1.54, 1.807) is 23.8 Å². The number of benzene rings is 2. The van der Waals surface area contributed by atoms with Crippen LogP contribution in [0.5, 0.6) is 17.4 Å². The molecule has 2 aromatic heterocycles. The number of rotatable bonds is 9. The number of methoxy groups -OCH3 is 1. The lowest BCUT2D eigenvalue weighted by atomic mass is 9.87. The third-order valence-corrected chi connectivity index (χ3v) is 5.35. The second-order valence-corrected chi connectivity index (χ2v) is 8.93. The minimum absolute atomic E-state index is 0.0674. The highest BCUT2D eigenvalue weighted by molar-refractivity contribution is 5.77. The highest BCUT2D eigenvalue weighted by Gasteiger charge is 2.15. The third kappa shape index (κ3) is 5.87. The Morgan fingerprint density at radius 1 is 0.971 bits per heavy atom. The highest BCUT2D eigenvalue weighted by atomic mass is 16.5. The fraction of sp³-hybridized carbons (Fsp3) is 0.308. The predicted molar refractivity (Wildman–Crippen MR) is 132 cm³/mol. The fourth-order valence-corrected chi connectivity index (χ4v) is 3.44. The number of fused-ring (bicyclic) bond motifs is 1. The number of ether oxygens (including phenoxy) is 3. The molecule has 0 spiro atoms. The zero-order valence-corrected chi connectivity index (χ0v) is 20.3. The van der Waals surface area contributed by atoms with Crippen molar-refractivity contribution in [3.05, 3.63) is 66.2 Å². The van der Waals surface area contributed by atoms with Crippen LogP contribution in [0.3, 0.4) is 0 Å². The van der Waals surface area contributed by atoms with Crippen LogP contribution in [0.25, 0.3) is 17.0 Å². The van der Waals surface area contributed by atoms with E-state index in [1.165, 1.54) is 5.56 Å². The molecule has 0 aliphatic heterocycles. The van der Waals surface area contributed by atoms with Crippen molar-refractivity contribution in [1.29, 1.82) is 0 Å². The van der Waals surface area contributed by atoms with Crippen molar-refractivity contribution >= 4 is 11.6 Å². The Labute approximate surface area is 204 Å². The number of nitrogens with zero attached hydrogens (tertiary/aromatic N) is 4. The summed E-state index contributed by atoms with van der Waals surface area (Å²) in [4.78, 5) is 12.1. The second-order valence-electron chi connectivity index (χ2n) is 8.93. The van der Waals surface area contributed by atoms with E-state index in [0.29, 0.717) is 35.4 Å². The number of nitrogens with one attached hydrogen (secondary N) is 1. The molecule has 1 amide bonds. The highest BCUT2D eigenvalue weighted by Crippen LogP contribution is 2.28. The molecule has 0 saturated carbocycles. The summed E-state index contributed by atoms with van der Waals surface area (Å²) >= 11 is 0. The van der Waals surface area contributed by atoms with Gasteiger partial charge in [0, 0.05) is 6.07 Å². The van der Waals surface area contributed by atoms with E-state index >= 15 is 0 Å². The van der Waals surface area contributed by atoms with Crippen LogP contribution in [-0.2, 0) is 10.2 Å². The first kappa shape index (κ1) is 24.0. The first-order valence-corrected chi connectivity index (χ1v) is 11.3. The molecule has 0 aliphatic carbocycles. The maximum atomic E-state index is 12.1. The SMILES string of the molecule is COc1ccccc1-c1nnc2ccc(OCCNC(=O)COc3ccc(C(C)(C)C)cc3)nn12. The van der Waals surface area contributed by atoms with Gasteiger partial charge in [0.1, 0.15) is 18.1 Å². The van der Waals surface area contributed by atoms with Gasteiger partial charge in [-0.25, -0.2) is 0 Å². The van der Waals surface area contributed by atoms with Crippen molar-refractivity contribution in [3.8, 4) is 28.8 Å². The Bertz CT molecular complexity index is 1300. The number of hydrogen-bond donors (Lipinski definition) is 1. The molecule has 0 aliphatic rings. The molecule has 4 aromatic rings. The van der Waals surface area contributed by atoms with Crippen molar-refractivity contribution in [2.75, 3.05) is 26.9 Å². The van der Waals surface area contributed by atoms with Crippen LogP contribution < -0.4 is 19.5 Å². The lowest BCUT2D eigenvalue weighted by molar-refractivity contribution is -0.123. The van der Waals surface area contributed by atoms with Gasteiger partial charge in [-0.1, -0.05) is 45.0 Å². The van der Waals surface area contributed by atoms with Crippen LogP contribution in [0, 0.1) is 0 Å². The number of para-hydroxylation sites is 1. The molecule has 9 heteroatoms. The summed E-state index contributed by atoms with van der Waals surface area (Å²) in [5.41, 5.74) is 2.63. The van der Waals surface area contributed by atoms with Crippen LogP contribution in [0.15, 0.2) is 60.7 Å². The van der Waals surface area contributed by atoms with Gasteiger partial charge in [-0.05, 0) is 41.3 Å². The third-order valence-electron chi connectivity index (χ3n) is 5.35. The van der Waals surface area contributed by atoms with Crippen LogP contribution in [0.4, 0.5) is 0 Å². The van der Waals surface area contributed by atoms with E-state index in [4.69, 9.17) is 14.2 Å². The monoisotopic (exact) mass is 475 g/mol. The first-order chi connectivity index (χ1) is 16.8. The lowest BCUT2D eigenvalue weighted by Gasteiger charge is -2.19. The van der Waals surface area contributed by atoms with E-state index in [1.807, 2.05) is 48.5 Å². The standard InChI is InChI=1S/C26H29N5O4/c1-26(2,3)18-9-11-19(12-10-18)35-17-23(32)27-15-16-34-24-14-13-22-28-29-25(31(22)30-24)20-7-5-6-8-21(20)33-4/h5-14H,15-17H2,1-4H3,(H,27,32). The zero-order chi connectivity index (χ0) is 24.8. The number of carbonyl (C=O) groups excluding carboxylic acids is 1. The van der Waals surface area contributed by atoms with Crippen molar-refractivity contribution < 1.29 is 19.0 Å². The van der Waals surface area contributed by atoms with Gasteiger partial charge < -0.3 is 19.5 Å². The summed E-state index contributed by atoms with van der Waals surface area (Å²) in [6, 6.07) is 18.8. The largest absolute Gasteiger partial charge is 0.496 e. The summed E-state index contributed by atoms with van der Waals surface area (Å²) in [6.07, 6.45) is 0. The molecule has 1 N–H and O–H groups in total. The van der Waals surface area contributed by atoms with Gasteiger partial charge in [0.05, 0.1) is 19.2 Å². The van der Waals surface area contributed by atoms with Crippen LogP contribution >= 0.6 is 0 Å². The number of aromatic nitrogens is 4. The molecule has 35 heavy (non-hydrogen) atoms. The molecule has 9 nitrogen and oxygen atoms in total. The Morgan fingerprint density at radius 3 is 2.49 bits per heavy atom. The first-order valence-electron chi connectivity index (χ1n) is 11.3. The molecule has 0 unspecified atom stereocenters. The Morgan fingerprint density at radius 2 is 1.74 bits per heavy atom. The Balaban J connectivity index is 1.28. The molecule has 0 atom stereocenters. The minimum Gasteiger partial charge on any atom is -0.496 e. The molecule has 2 aromatic carbocycles. The zero-order valence-electron chi connectivity index (χ0n) is 20.3. The Kier molecular flexibility index (Phi) is 7.14. The summed E-state index contributed by atoms with van der Waals surface area (Å²) < 4.78 is 18.3. The molecule has 0 saturated heterocycles.